The highest BCUT2D eigenvalue weighted by Crippen LogP contribution is 2.39. The zero-order chi connectivity index (χ0) is 46.2. The first-order chi connectivity index (χ1) is 28.7. The maximum Gasteiger partial charge on any atom is 0.416 e. The quantitative estimate of drug-likeness (QED) is 0.0449. The Balaban J connectivity index is 1.57. The molecule has 336 valence electrons. The number of nitrogens with one attached hydrogen (secondary N) is 4. The zero-order valence-electron chi connectivity index (χ0n) is 32.2. The van der Waals surface area contributed by atoms with Gasteiger partial charge in [-0.1, -0.05) is 12.1 Å². The Hall–Kier alpha value is -5.43. The monoisotopic (exact) mass is 930 g/mol. The largest absolute Gasteiger partial charge is 0.416 e. The zero-order valence-corrected chi connectivity index (χ0v) is 33.8. The van der Waals surface area contributed by atoms with E-state index < -0.39 is 80.7 Å². The average Bonchev–Trinajstić information content (AvgIpc) is 3.16. The summed E-state index contributed by atoms with van der Waals surface area (Å²) in [4.78, 5) is 21.1. The fraction of sp³-hybridized carbons (Fsp3) is 0.289. The molecule has 0 aliphatic rings. The lowest BCUT2D eigenvalue weighted by molar-refractivity contribution is -0.144. The summed E-state index contributed by atoms with van der Waals surface area (Å²) in [6, 6.07) is 12.2. The predicted octanol–water partition coefficient (Wildman–Crippen LogP) is 11.4. The summed E-state index contributed by atoms with van der Waals surface area (Å²) in [5, 5.41) is 9.91. The summed E-state index contributed by atoms with van der Waals surface area (Å²) in [6.45, 7) is 1.83. The number of rotatable bonds is 13. The summed E-state index contributed by atoms with van der Waals surface area (Å²) < 4.78 is 171. The summed E-state index contributed by atoms with van der Waals surface area (Å²) >= 11 is 10.3. The number of ether oxygens (including phenoxy) is 2. The number of benzene rings is 4. The van der Waals surface area contributed by atoms with Gasteiger partial charge >= 0.3 is 30.7 Å². The molecule has 0 heterocycles. The second-order valence-electron chi connectivity index (χ2n) is 13.0. The van der Waals surface area contributed by atoms with Crippen LogP contribution in [0.1, 0.15) is 29.2 Å². The van der Waals surface area contributed by atoms with Crippen LogP contribution >= 0.6 is 24.4 Å². The molecule has 0 saturated heterocycles. The maximum absolute atomic E-state index is 14.1. The van der Waals surface area contributed by atoms with E-state index in [0.717, 1.165) is 9.96 Å². The molecule has 0 saturated carbocycles. The van der Waals surface area contributed by atoms with Crippen molar-refractivity contribution in [1.29, 1.82) is 0 Å². The number of hydrogen-bond donors (Lipinski definition) is 4. The van der Waals surface area contributed by atoms with Crippen LogP contribution in [0, 0.1) is 0 Å². The van der Waals surface area contributed by atoms with Crippen LogP contribution in [0.4, 0.5) is 91.6 Å². The number of hydroxylamine groups is 1. The van der Waals surface area contributed by atoms with Crippen LogP contribution in [0.25, 0.3) is 0 Å². The van der Waals surface area contributed by atoms with Gasteiger partial charge in [0.2, 0.25) is 0 Å². The van der Waals surface area contributed by atoms with E-state index in [2.05, 4.69) is 21.3 Å². The van der Waals surface area contributed by atoms with Crippen molar-refractivity contribution < 1.29 is 71.8 Å². The van der Waals surface area contributed by atoms with E-state index in [1.807, 2.05) is 0 Å². The highest BCUT2D eigenvalue weighted by Gasteiger charge is 2.38. The van der Waals surface area contributed by atoms with Gasteiger partial charge in [0.1, 0.15) is 6.61 Å². The third-order valence-corrected chi connectivity index (χ3v) is 8.52. The normalized spacial score (nSPS) is 12.6. The van der Waals surface area contributed by atoms with Crippen molar-refractivity contribution >= 4 is 74.8 Å². The molecule has 0 aliphatic heterocycles. The molecule has 1 atom stereocenters. The molecule has 62 heavy (non-hydrogen) atoms. The van der Waals surface area contributed by atoms with Crippen molar-refractivity contribution in [3.05, 3.63) is 107 Å². The molecule has 0 bridgehead atoms. The van der Waals surface area contributed by atoms with Gasteiger partial charge in [0.05, 0.1) is 47.3 Å². The van der Waals surface area contributed by atoms with E-state index in [1.165, 1.54) is 62.7 Å². The van der Waals surface area contributed by atoms with E-state index >= 15 is 0 Å². The first-order valence-corrected chi connectivity index (χ1v) is 18.3. The number of alkyl halides is 12. The van der Waals surface area contributed by atoms with Gasteiger partial charge in [-0.15, -0.1) is 0 Å². The molecule has 0 fully saturated rings. The number of carbonyl (C=O) groups excluding carboxylic acids is 1. The number of amides is 2. The number of urea groups is 1. The van der Waals surface area contributed by atoms with Crippen molar-refractivity contribution in [1.82, 2.24) is 0 Å². The molecular weight excluding hydrogens is 897 g/mol. The first-order valence-electron chi connectivity index (χ1n) is 17.5. The summed E-state index contributed by atoms with van der Waals surface area (Å²) in [7, 11) is 2.79. The van der Waals surface area contributed by atoms with Crippen molar-refractivity contribution in [2.24, 2.45) is 0 Å². The van der Waals surface area contributed by atoms with Gasteiger partial charge in [-0.25, -0.2) is 4.79 Å². The molecule has 0 aromatic heterocycles. The van der Waals surface area contributed by atoms with Crippen LogP contribution in [0.2, 0.25) is 0 Å². The topological polar surface area (TPSA) is 99.4 Å². The number of anilines is 6. The fourth-order valence-corrected chi connectivity index (χ4v) is 5.66. The maximum atomic E-state index is 14.1. The van der Waals surface area contributed by atoms with Crippen LogP contribution in [-0.4, -0.2) is 56.3 Å². The van der Waals surface area contributed by atoms with E-state index in [1.54, 1.807) is 6.92 Å². The van der Waals surface area contributed by atoms with Gasteiger partial charge in [-0.2, -0.15) is 57.7 Å². The summed E-state index contributed by atoms with van der Waals surface area (Å²) in [5.74, 6) is 0. The fourth-order valence-electron chi connectivity index (χ4n) is 5.19. The van der Waals surface area contributed by atoms with Gasteiger partial charge in [0.25, 0.3) is 0 Å². The van der Waals surface area contributed by atoms with Gasteiger partial charge < -0.3 is 30.7 Å². The Labute approximate surface area is 356 Å². The molecule has 4 aromatic carbocycles. The second-order valence-corrected chi connectivity index (χ2v) is 13.8. The summed E-state index contributed by atoms with van der Waals surface area (Å²) in [5.41, 5.74) is -7.07. The van der Waals surface area contributed by atoms with Crippen LogP contribution in [0.3, 0.4) is 0 Å². The van der Waals surface area contributed by atoms with Crippen LogP contribution in [0.5, 0.6) is 0 Å². The highest BCUT2D eigenvalue weighted by atomic mass is 32.1. The first kappa shape index (κ1) is 49.2. The number of thiocarbonyl (C=S) groups is 2. The van der Waals surface area contributed by atoms with E-state index in [4.69, 9.17) is 38.7 Å². The minimum absolute atomic E-state index is 0.0381. The standard InChI is InChI=1S/C38H34F12N6O4S2/c1-21(59-11-10-58-3)20-60-56(31-9-5-7-27(19-31)52-33(62)54-29-16-24(37(45,46)47)13-25(17-29)38(48,49)50)34(57)55(2)30-8-4-6-26(18-30)51-32(61)53-28-14-22(35(39,40)41)12-23(15-28)36(42,43)44/h4-9,12-19,21H,10-11,20H2,1-3H3,(H2,51,53,61)(H2,52,54,62)/t21-/m1/s1. The van der Waals surface area contributed by atoms with Gasteiger partial charge in [-0.3, -0.25) is 9.74 Å². The van der Waals surface area contributed by atoms with Gasteiger partial charge in [0.15, 0.2) is 10.2 Å². The predicted molar refractivity (Wildman–Crippen MR) is 215 cm³/mol. The van der Waals surface area contributed by atoms with Crippen molar-refractivity contribution in [2.75, 3.05) is 65.2 Å². The van der Waals surface area contributed by atoms with Gasteiger partial charge in [-0.05, 0) is 104 Å². The average molecular weight is 931 g/mol. The molecule has 0 unspecified atom stereocenters. The lowest BCUT2D eigenvalue weighted by Gasteiger charge is -2.29. The SMILES string of the molecule is COCCO[C@H](C)CON(C(=O)N(C)c1cccc(NC(=S)Nc2cc(C(F)(F)F)cc(C(F)(F)F)c2)c1)c1cccc(NC(=S)Nc2cc(C(F)(F)F)cc(C(F)(F)F)c2)c1. The number of carbonyl (C=O) groups is 1. The molecule has 10 nitrogen and oxygen atoms in total. The molecule has 4 rings (SSSR count). The number of halogens is 12. The molecule has 4 aromatic rings. The second kappa shape index (κ2) is 20.2. The van der Waals surface area contributed by atoms with E-state index in [0.29, 0.717) is 24.3 Å². The summed E-state index contributed by atoms with van der Waals surface area (Å²) in [6.07, 6.45) is -21.0. The van der Waals surface area contributed by atoms with Crippen molar-refractivity contribution in [3.8, 4) is 0 Å². The molecule has 4 N–H and O–H groups in total. The Morgan fingerprint density at radius 3 is 1.39 bits per heavy atom. The van der Waals surface area contributed by atoms with Crippen molar-refractivity contribution in [2.45, 2.75) is 37.7 Å². The third-order valence-electron chi connectivity index (χ3n) is 8.11. The number of hydrogen-bond acceptors (Lipinski definition) is 6. The number of methoxy groups -OCH3 is 1. The van der Waals surface area contributed by atoms with Gasteiger partial charge in [0, 0.05) is 42.6 Å². The van der Waals surface area contributed by atoms with Crippen LogP contribution in [0.15, 0.2) is 84.9 Å². The lowest BCUT2D eigenvalue weighted by atomic mass is 10.1. The number of nitrogens with zero attached hydrogens (tertiary/aromatic N) is 2. The lowest BCUT2D eigenvalue weighted by Crippen LogP contribution is -2.43. The Morgan fingerprint density at radius 1 is 0.597 bits per heavy atom. The molecule has 2 amide bonds. The van der Waals surface area contributed by atoms with Crippen molar-refractivity contribution in [3.63, 3.8) is 0 Å². The molecule has 0 radical (unpaired) electrons. The Morgan fingerprint density at radius 2 is 0.984 bits per heavy atom. The third kappa shape index (κ3) is 14.3. The smallest absolute Gasteiger partial charge is 0.382 e. The van der Waals surface area contributed by atoms with Crippen LogP contribution in [-0.2, 0) is 39.0 Å². The molecule has 0 spiro atoms. The van der Waals surface area contributed by atoms with E-state index in [-0.39, 0.29) is 54.7 Å². The van der Waals surface area contributed by atoms with Crippen LogP contribution < -0.4 is 31.2 Å². The Bertz CT molecular complexity index is 2160. The minimum atomic E-state index is -5.11. The Kier molecular flexibility index (Phi) is 16.0. The highest BCUT2D eigenvalue weighted by molar-refractivity contribution is 7.81. The molecule has 0 aliphatic carbocycles. The molecular formula is C38H34F12N6O4S2. The molecule has 24 heteroatoms. The minimum Gasteiger partial charge on any atom is -0.382 e. The van der Waals surface area contributed by atoms with E-state index in [9.17, 15) is 57.5 Å².